The van der Waals surface area contributed by atoms with Crippen LogP contribution >= 0.6 is 0 Å². The Labute approximate surface area is 178 Å². The topological polar surface area (TPSA) is 182 Å². The Bertz CT molecular complexity index is 824. The number of hydrogen-bond acceptors (Lipinski definition) is 10. The average Bonchev–Trinajstić information content (AvgIpc) is 2.81. The van der Waals surface area contributed by atoms with Crippen LogP contribution in [0, 0.1) is 0 Å². The van der Waals surface area contributed by atoms with E-state index < -0.39 is 55.5 Å². The quantitative estimate of drug-likeness (QED) is 0.212. The normalized spacial score (nSPS) is 15.9. The van der Waals surface area contributed by atoms with Crippen molar-refractivity contribution in [3.05, 3.63) is 60.2 Å². The molecule has 0 aliphatic rings. The van der Waals surface area contributed by atoms with E-state index in [4.69, 9.17) is 9.84 Å². The smallest absolute Gasteiger partial charge is 0.329 e. The molecule has 0 unspecified atom stereocenters. The average molecular weight is 435 g/mol. The molecule has 6 N–H and O–H groups in total. The molecule has 168 valence electrons. The standard InChI is InChI=1S/C20H25N3O8/c24-10-15(25)17(27)18(28)16(26)11-31-20(30)13(8-12-4-2-1-3-5-12)23-19(29)14-9-21-6-7-22-14/h1-7,9,13,15-18,24-28H,8,10-11H2,(H,23,29)/t13-,15+,16+,17+,18+/m0/s1. The lowest BCUT2D eigenvalue weighted by molar-refractivity contribution is -0.158. The Hall–Kier alpha value is -2.96. The molecule has 0 saturated heterocycles. The number of rotatable bonds is 11. The third kappa shape index (κ3) is 7.35. The molecule has 0 aliphatic heterocycles. The molecule has 1 heterocycles. The highest BCUT2D eigenvalue weighted by Gasteiger charge is 2.32. The van der Waals surface area contributed by atoms with E-state index in [1.54, 1.807) is 30.3 Å². The van der Waals surface area contributed by atoms with Gasteiger partial charge in [0, 0.05) is 18.8 Å². The van der Waals surface area contributed by atoms with Gasteiger partial charge in [0.15, 0.2) is 0 Å². The zero-order valence-corrected chi connectivity index (χ0v) is 16.5. The number of amides is 1. The van der Waals surface area contributed by atoms with Gasteiger partial charge in [-0.25, -0.2) is 9.78 Å². The minimum atomic E-state index is -1.88. The summed E-state index contributed by atoms with van der Waals surface area (Å²) in [6.07, 6.45) is -3.13. The van der Waals surface area contributed by atoms with E-state index in [1.165, 1.54) is 18.6 Å². The van der Waals surface area contributed by atoms with Gasteiger partial charge in [0.1, 0.15) is 42.8 Å². The number of aromatic nitrogens is 2. The van der Waals surface area contributed by atoms with Crippen molar-refractivity contribution < 1.29 is 39.9 Å². The monoisotopic (exact) mass is 435 g/mol. The zero-order valence-electron chi connectivity index (χ0n) is 16.5. The molecule has 1 amide bonds. The molecule has 0 fully saturated rings. The highest BCUT2D eigenvalue weighted by atomic mass is 16.5. The molecule has 1 aromatic heterocycles. The van der Waals surface area contributed by atoms with Gasteiger partial charge in [-0.2, -0.15) is 0 Å². The van der Waals surface area contributed by atoms with E-state index in [1.807, 2.05) is 0 Å². The number of nitrogens with zero attached hydrogens (tertiary/aromatic N) is 2. The number of esters is 1. The maximum atomic E-state index is 12.6. The lowest BCUT2D eigenvalue weighted by Crippen LogP contribution is -2.49. The van der Waals surface area contributed by atoms with E-state index in [9.17, 15) is 30.0 Å². The Morgan fingerprint density at radius 2 is 1.68 bits per heavy atom. The Morgan fingerprint density at radius 3 is 2.29 bits per heavy atom. The van der Waals surface area contributed by atoms with Gasteiger partial charge in [-0.15, -0.1) is 0 Å². The molecular formula is C20H25N3O8. The summed E-state index contributed by atoms with van der Waals surface area (Å²) in [7, 11) is 0. The van der Waals surface area contributed by atoms with Crippen LogP contribution in [0.1, 0.15) is 16.1 Å². The Balaban J connectivity index is 2.04. The van der Waals surface area contributed by atoms with Crippen molar-refractivity contribution in [2.75, 3.05) is 13.2 Å². The van der Waals surface area contributed by atoms with Crippen molar-refractivity contribution in [1.29, 1.82) is 0 Å². The summed E-state index contributed by atoms with van der Waals surface area (Å²) in [5, 5.41) is 50.0. The zero-order chi connectivity index (χ0) is 22.8. The van der Waals surface area contributed by atoms with Gasteiger partial charge in [-0.3, -0.25) is 9.78 Å². The summed E-state index contributed by atoms with van der Waals surface area (Å²) in [6, 6.07) is 7.67. The predicted octanol–water partition coefficient (Wildman–Crippen LogP) is -2.20. The van der Waals surface area contributed by atoms with E-state index >= 15 is 0 Å². The van der Waals surface area contributed by atoms with Crippen LogP contribution < -0.4 is 5.32 Å². The molecule has 2 rings (SSSR count). The molecule has 0 bridgehead atoms. The Kier molecular flexibility index (Phi) is 9.43. The molecule has 11 nitrogen and oxygen atoms in total. The van der Waals surface area contributed by atoms with Gasteiger partial charge in [-0.05, 0) is 5.56 Å². The van der Waals surface area contributed by atoms with Crippen molar-refractivity contribution in [3.63, 3.8) is 0 Å². The summed E-state index contributed by atoms with van der Waals surface area (Å²) < 4.78 is 5.00. The van der Waals surface area contributed by atoms with Crippen molar-refractivity contribution in [2.24, 2.45) is 0 Å². The summed E-state index contributed by atoms with van der Waals surface area (Å²) in [6.45, 7) is -1.56. The summed E-state index contributed by atoms with van der Waals surface area (Å²) in [5.74, 6) is -1.56. The SMILES string of the molecule is O=C(N[C@@H](Cc1ccccc1)C(=O)OC[C@@H](O)[C@@H](O)[C@H](O)[C@H](O)CO)c1cnccn1. The van der Waals surface area contributed by atoms with Crippen LogP contribution in [0.25, 0.3) is 0 Å². The van der Waals surface area contributed by atoms with E-state index in [0.29, 0.717) is 0 Å². The van der Waals surface area contributed by atoms with Gasteiger partial charge in [0.05, 0.1) is 12.8 Å². The van der Waals surface area contributed by atoms with Crippen LogP contribution in [0.3, 0.4) is 0 Å². The van der Waals surface area contributed by atoms with Crippen LogP contribution in [-0.4, -0.2) is 91.0 Å². The fourth-order valence-electron chi connectivity index (χ4n) is 2.62. The summed E-state index contributed by atoms with van der Waals surface area (Å²) >= 11 is 0. The molecule has 31 heavy (non-hydrogen) atoms. The third-order valence-electron chi connectivity index (χ3n) is 4.39. The fourth-order valence-corrected chi connectivity index (χ4v) is 2.62. The van der Waals surface area contributed by atoms with Crippen LogP contribution in [0.4, 0.5) is 0 Å². The minimum Gasteiger partial charge on any atom is -0.461 e. The van der Waals surface area contributed by atoms with E-state index in [0.717, 1.165) is 5.56 Å². The van der Waals surface area contributed by atoms with Gasteiger partial charge in [-0.1, -0.05) is 30.3 Å². The van der Waals surface area contributed by atoms with Gasteiger partial charge >= 0.3 is 5.97 Å². The molecule has 0 saturated carbocycles. The first-order chi connectivity index (χ1) is 14.8. The van der Waals surface area contributed by atoms with Crippen LogP contribution in [0.2, 0.25) is 0 Å². The van der Waals surface area contributed by atoms with Gasteiger partial charge in [0.25, 0.3) is 5.91 Å². The largest absolute Gasteiger partial charge is 0.461 e. The van der Waals surface area contributed by atoms with Crippen molar-refractivity contribution in [1.82, 2.24) is 15.3 Å². The maximum Gasteiger partial charge on any atom is 0.329 e. The molecule has 0 aliphatic carbocycles. The number of carbonyl (C=O) groups is 2. The van der Waals surface area contributed by atoms with E-state index in [-0.39, 0.29) is 12.1 Å². The number of nitrogens with one attached hydrogen (secondary N) is 1. The molecule has 1 aromatic carbocycles. The lowest BCUT2D eigenvalue weighted by atomic mass is 10.0. The molecule has 11 heteroatoms. The molecule has 2 aromatic rings. The van der Waals surface area contributed by atoms with E-state index in [2.05, 4.69) is 15.3 Å². The first kappa shape index (κ1) is 24.3. The molecule has 0 spiro atoms. The summed E-state index contributed by atoms with van der Waals surface area (Å²) in [4.78, 5) is 32.6. The number of benzene rings is 1. The number of carbonyl (C=O) groups excluding carboxylic acids is 2. The minimum absolute atomic E-state index is 0.00932. The van der Waals surface area contributed by atoms with Crippen LogP contribution in [-0.2, 0) is 16.0 Å². The Morgan fingerprint density at radius 1 is 1.00 bits per heavy atom. The van der Waals surface area contributed by atoms with Crippen LogP contribution in [0.5, 0.6) is 0 Å². The number of ether oxygens (including phenoxy) is 1. The number of aliphatic hydroxyl groups excluding tert-OH is 5. The second kappa shape index (κ2) is 12.0. The van der Waals surface area contributed by atoms with Crippen molar-refractivity contribution in [2.45, 2.75) is 36.9 Å². The van der Waals surface area contributed by atoms with Gasteiger partial charge < -0.3 is 35.6 Å². The third-order valence-corrected chi connectivity index (χ3v) is 4.39. The van der Waals surface area contributed by atoms with Crippen LogP contribution in [0.15, 0.2) is 48.9 Å². The molecule has 0 radical (unpaired) electrons. The lowest BCUT2D eigenvalue weighted by Gasteiger charge is -2.26. The van der Waals surface area contributed by atoms with Crippen molar-refractivity contribution >= 4 is 11.9 Å². The first-order valence-corrected chi connectivity index (χ1v) is 9.44. The predicted molar refractivity (Wildman–Crippen MR) is 106 cm³/mol. The number of aliphatic hydroxyl groups is 5. The molecule has 5 atom stereocenters. The van der Waals surface area contributed by atoms with Crippen molar-refractivity contribution in [3.8, 4) is 0 Å². The summed E-state index contributed by atoms with van der Waals surface area (Å²) in [5.41, 5.74) is 0.718. The maximum absolute atomic E-state index is 12.6. The molecular weight excluding hydrogens is 410 g/mol. The number of hydrogen-bond donors (Lipinski definition) is 6. The first-order valence-electron chi connectivity index (χ1n) is 9.44. The highest BCUT2D eigenvalue weighted by molar-refractivity contribution is 5.95. The highest BCUT2D eigenvalue weighted by Crippen LogP contribution is 2.09. The fraction of sp³-hybridized carbons (Fsp3) is 0.400. The second-order valence-corrected chi connectivity index (χ2v) is 6.73. The second-order valence-electron chi connectivity index (χ2n) is 6.73. The van der Waals surface area contributed by atoms with Gasteiger partial charge in [0.2, 0.25) is 0 Å².